The first-order chi connectivity index (χ1) is 9.99. The first kappa shape index (κ1) is 30.1. The third-order valence-corrected chi connectivity index (χ3v) is 3.09. The first-order valence-corrected chi connectivity index (χ1v) is 6.93. The van der Waals surface area contributed by atoms with E-state index in [1.807, 2.05) is 27.7 Å². The fraction of sp³-hybridized carbons (Fsp3) is 0.769. The molecule has 0 aliphatic carbocycles. The third-order valence-electron chi connectivity index (χ3n) is 3.09. The minimum absolute atomic E-state index is 0. The van der Waals surface area contributed by atoms with Gasteiger partial charge in [0.05, 0.1) is 11.1 Å². The van der Waals surface area contributed by atoms with E-state index in [-0.39, 0.29) is 126 Å². The van der Waals surface area contributed by atoms with E-state index in [0.717, 1.165) is 26.2 Å². The Morgan fingerprint density at radius 2 is 1.04 bits per heavy atom. The molecule has 0 atom stereocenters. The molecule has 9 nitrogen and oxygen atoms in total. The van der Waals surface area contributed by atoms with Gasteiger partial charge < -0.3 is 36.3 Å². The van der Waals surface area contributed by atoms with Crippen molar-refractivity contribution in [2.45, 2.75) is 38.8 Å². The maximum Gasteiger partial charge on any atom is 1.00 e. The van der Waals surface area contributed by atoms with Crippen molar-refractivity contribution in [1.82, 2.24) is 21.3 Å². The van der Waals surface area contributed by atoms with Crippen LogP contribution in [0.25, 0.3) is 0 Å². The van der Waals surface area contributed by atoms with E-state index < -0.39 is 6.16 Å². The normalized spacial score (nSPS) is 20.0. The van der Waals surface area contributed by atoms with Gasteiger partial charge in [0, 0.05) is 26.2 Å². The zero-order valence-electron chi connectivity index (χ0n) is 15.4. The zero-order valence-corrected chi connectivity index (χ0v) is 21.6. The molecule has 0 unspecified atom stereocenters. The predicted molar refractivity (Wildman–Crippen MR) is 75.6 cm³/mol. The molecule has 0 spiro atoms. The van der Waals surface area contributed by atoms with Crippen molar-refractivity contribution >= 4 is 18.0 Å². The van der Waals surface area contributed by atoms with Crippen LogP contribution in [0.3, 0.4) is 0 Å². The predicted octanol–water partition coefficient (Wildman–Crippen LogP) is -9.47. The van der Waals surface area contributed by atoms with Crippen LogP contribution in [-0.4, -0.2) is 55.2 Å². The molecule has 11 heteroatoms. The van der Waals surface area contributed by atoms with Crippen molar-refractivity contribution in [3.8, 4) is 0 Å². The van der Waals surface area contributed by atoms with Gasteiger partial charge in [0.25, 0.3) is 0 Å². The number of piperazine rings is 2. The maximum absolute atomic E-state index is 10.9. The van der Waals surface area contributed by atoms with Crippen LogP contribution < -0.4 is 134 Å². The summed E-state index contributed by atoms with van der Waals surface area (Å²) in [5.74, 6) is 0.183. The molecule has 0 radical (unpaired) electrons. The second-order valence-corrected chi connectivity index (χ2v) is 5.87. The van der Waals surface area contributed by atoms with Gasteiger partial charge in [0.2, 0.25) is 11.8 Å². The smallest absolute Gasteiger partial charge is 0.652 e. The van der Waals surface area contributed by atoms with Crippen LogP contribution in [0.5, 0.6) is 0 Å². The number of carbonyl (C=O) groups is 3. The Balaban J connectivity index is -0.000000283. The van der Waals surface area contributed by atoms with Crippen molar-refractivity contribution in [1.29, 1.82) is 0 Å². The summed E-state index contributed by atoms with van der Waals surface area (Å²) >= 11 is 0. The molecule has 2 aliphatic heterocycles. The zero-order chi connectivity index (χ0) is 17.4. The summed E-state index contributed by atoms with van der Waals surface area (Å²) in [6, 6.07) is 0. The summed E-state index contributed by atoms with van der Waals surface area (Å²) in [6.07, 6.45) is -2.33. The standard InChI is InChI=1S/2C6H12N2O.CH2O3.2K/c2*1-6(2)5(9)7-3-4-8-6;2-1(3)4;;/h2*8H,3-4H2,1-2H3,(H,7,9);(H2,2,3,4);;/q;;;2*+1/p-2. The molecular weight excluding hydrogens is 370 g/mol. The Morgan fingerprint density at radius 3 is 1.17 bits per heavy atom. The topological polar surface area (TPSA) is 145 Å². The van der Waals surface area contributed by atoms with Gasteiger partial charge in [-0.1, -0.05) is 0 Å². The number of hydrogen-bond acceptors (Lipinski definition) is 7. The van der Waals surface area contributed by atoms with Crippen molar-refractivity contribution in [3.05, 3.63) is 0 Å². The molecule has 2 aliphatic rings. The number of nitrogens with one attached hydrogen (secondary N) is 4. The van der Waals surface area contributed by atoms with Gasteiger partial charge in [-0.05, 0) is 33.9 Å². The van der Waals surface area contributed by atoms with Crippen LogP contribution in [0, 0.1) is 0 Å². The summed E-state index contributed by atoms with van der Waals surface area (Å²) in [5, 5.41) is 28.4. The average molecular weight is 395 g/mol. The SMILES string of the molecule is CC1(C)NCCNC1=O.CC1(C)NCCNC1=O.O=C([O-])[O-].[K+].[K+]. The van der Waals surface area contributed by atoms with Crippen LogP contribution in [0.1, 0.15) is 27.7 Å². The van der Waals surface area contributed by atoms with E-state index in [4.69, 9.17) is 15.0 Å². The van der Waals surface area contributed by atoms with Gasteiger partial charge >= 0.3 is 103 Å². The fourth-order valence-corrected chi connectivity index (χ4v) is 1.70. The van der Waals surface area contributed by atoms with Gasteiger partial charge in [0.15, 0.2) is 0 Å². The molecule has 4 N–H and O–H groups in total. The molecule has 0 aromatic rings. The first-order valence-electron chi connectivity index (χ1n) is 6.93. The molecule has 128 valence electrons. The Kier molecular flexibility index (Phi) is 18.2. The molecule has 2 amide bonds. The van der Waals surface area contributed by atoms with E-state index in [1.54, 1.807) is 0 Å². The molecule has 0 aromatic carbocycles. The Bertz CT molecular complexity index is 383. The number of carboxylic acid groups (broad SMARTS) is 2. The van der Waals surface area contributed by atoms with Crippen LogP contribution in [0.2, 0.25) is 0 Å². The summed E-state index contributed by atoms with van der Waals surface area (Å²) < 4.78 is 0. The molecule has 0 saturated carbocycles. The average Bonchev–Trinajstić information content (AvgIpc) is 2.37. The molecule has 2 fully saturated rings. The van der Waals surface area contributed by atoms with Crippen LogP contribution in [-0.2, 0) is 9.59 Å². The van der Waals surface area contributed by atoms with Gasteiger partial charge in [-0.15, -0.1) is 0 Å². The number of amides is 2. The van der Waals surface area contributed by atoms with Crippen molar-refractivity contribution < 1.29 is 127 Å². The summed E-state index contributed by atoms with van der Waals surface area (Å²) in [6.45, 7) is 10.8. The van der Waals surface area contributed by atoms with Crippen molar-refractivity contribution in [2.75, 3.05) is 26.2 Å². The quantitative estimate of drug-likeness (QED) is 0.298. The molecular formula is C13H24K2N4O5. The van der Waals surface area contributed by atoms with Gasteiger partial charge in [0.1, 0.15) is 0 Å². The Hall–Kier alpha value is 1.40. The van der Waals surface area contributed by atoms with Gasteiger partial charge in [-0.3, -0.25) is 9.59 Å². The van der Waals surface area contributed by atoms with E-state index >= 15 is 0 Å². The number of carbonyl (C=O) groups excluding carboxylic acids is 3. The summed E-state index contributed by atoms with van der Waals surface area (Å²) in [4.78, 5) is 30.2. The van der Waals surface area contributed by atoms with E-state index in [0.29, 0.717) is 0 Å². The van der Waals surface area contributed by atoms with Crippen LogP contribution in [0.15, 0.2) is 0 Å². The maximum atomic E-state index is 10.9. The van der Waals surface area contributed by atoms with Gasteiger partial charge in [-0.2, -0.15) is 0 Å². The largest absolute Gasteiger partial charge is 1.00 e. The van der Waals surface area contributed by atoms with Gasteiger partial charge in [-0.25, -0.2) is 0 Å². The van der Waals surface area contributed by atoms with E-state index in [9.17, 15) is 9.59 Å². The Labute approximate surface area is 227 Å². The Morgan fingerprint density at radius 1 is 0.792 bits per heavy atom. The third kappa shape index (κ3) is 13.6. The number of hydrogen-bond donors (Lipinski definition) is 4. The van der Waals surface area contributed by atoms with Crippen LogP contribution >= 0.6 is 0 Å². The minimum Gasteiger partial charge on any atom is -0.652 e. The summed E-state index contributed by atoms with van der Waals surface area (Å²) in [5.41, 5.74) is -0.726. The van der Waals surface area contributed by atoms with Crippen LogP contribution in [0.4, 0.5) is 4.79 Å². The molecule has 24 heavy (non-hydrogen) atoms. The monoisotopic (exact) mass is 394 g/mol. The molecule has 2 heterocycles. The van der Waals surface area contributed by atoms with E-state index in [1.165, 1.54) is 0 Å². The fourth-order valence-electron chi connectivity index (χ4n) is 1.70. The summed E-state index contributed by atoms with van der Waals surface area (Å²) in [7, 11) is 0. The minimum atomic E-state index is -2.33. The molecule has 0 bridgehead atoms. The molecule has 2 saturated heterocycles. The van der Waals surface area contributed by atoms with Crippen molar-refractivity contribution in [3.63, 3.8) is 0 Å². The second kappa shape index (κ2) is 14.5. The molecule has 2 rings (SSSR count). The van der Waals surface area contributed by atoms with Crippen molar-refractivity contribution in [2.24, 2.45) is 0 Å². The second-order valence-electron chi connectivity index (χ2n) is 5.87. The van der Waals surface area contributed by atoms with E-state index in [2.05, 4.69) is 21.3 Å². The molecule has 0 aromatic heterocycles. The number of rotatable bonds is 0.